The molecular weight excluding hydrogens is 172 g/mol. The molecule has 14 heavy (non-hydrogen) atoms. The Hall–Kier alpha value is -0.590. The predicted octanol–water partition coefficient (Wildman–Crippen LogP) is 4.27. The Morgan fingerprint density at radius 2 is 1.64 bits per heavy atom. The summed E-state index contributed by atoms with van der Waals surface area (Å²) in [5, 5.41) is 0. The summed E-state index contributed by atoms with van der Waals surface area (Å²) < 4.78 is 0. The summed E-state index contributed by atoms with van der Waals surface area (Å²) in [7, 11) is 0. The molecule has 0 spiro atoms. The van der Waals surface area contributed by atoms with Crippen molar-refractivity contribution >= 4 is 5.78 Å². The topological polar surface area (TPSA) is 17.1 Å². The van der Waals surface area contributed by atoms with E-state index in [1.165, 1.54) is 32.1 Å². The molecule has 0 aliphatic rings. The molecule has 0 N–H and O–H groups in total. The number of unbranched alkanes of at least 4 members (excludes halogenated alkanes) is 5. The zero-order valence-corrected chi connectivity index (χ0v) is 9.72. The van der Waals surface area contributed by atoms with Gasteiger partial charge in [-0.2, -0.15) is 0 Å². The summed E-state index contributed by atoms with van der Waals surface area (Å²) in [6, 6.07) is 0. The molecule has 0 rings (SSSR count). The summed E-state index contributed by atoms with van der Waals surface area (Å²) in [5.41, 5.74) is 0. The summed E-state index contributed by atoms with van der Waals surface area (Å²) in [4.78, 5) is 10.6. The van der Waals surface area contributed by atoms with Crippen LogP contribution >= 0.6 is 0 Å². The van der Waals surface area contributed by atoms with Crippen molar-refractivity contribution in [1.82, 2.24) is 0 Å². The number of carbonyl (C=O) groups is 1. The maximum absolute atomic E-state index is 10.6. The molecule has 0 aromatic heterocycles. The number of hydrogen-bond donors (Lipinski definition) is 0. The van der Waals surface area contributed by atoms with Crippen LogP contribution in [0.25, 0.3) is 0 Å². The van der Waals surface area contributed by atoms with Crippen LogP contribution in [0.15, 0.2) is 12.2 Å². The van der Waals surface area contributed by atoms with Gasteiger partial charge in [0.2, 0.25) is 0 Å². The van der Waals surface area contributed by atoms with Crippen LogP contribution in [0.3, 0.4) is 0 Å². The molecule has 0 radical (unpaired) electrons. The van der Waals surface area contributed by atoms with Crippen molar-refractivity contribution in [3.63, 3.8) is 0 Å². The van der Waals surface area contributed by atoms with Crippen LogP contribution in [0.1, 0.15) is 65.2 Å². The van der Waals surface area contributed by atoms with E-state index in [0.717, 1.165) is 19.3 Å². The molecule has 0 aromatic carbocycles. The van der Waals surface area contributed by atoms with Crippen molar-refractivity contribution < 1.29 is 4.79 Å². The molecule has 1 nitrogen and oxygen atoms in total. The second kappa shape index (κ2) is 10.5. The largest absolute Gasteiger partial charge is 0.300 e. The van der Waals surface area contributed by atoms with Gasteiger partial charge in [-0.25, -0.2) is 0 Å². The molecule has 0 aromatic rings. The van der Waals surface area contributed by atoms with Crippen molar-refractivity contribution in [1.29, 1.82) is 0 Å². The van der Waals surface area contributed by atoms with Crippen molar-refractivity contribution in [3.05, 3.63) is 12.2 Å². The second-order valence-electron chi connectivity index (χ2n) is 3.91. The first-order valence-corrected chi connectivity index (χ1v) is 5.91. The van der Waals surface area contributed by atoms with Gasteiger partial charge < -0.3 is 4.79 Å². The molecule has 0 saturated heterocycles. The Kier molecular flexibility index (Phi) is 10.0. The van der Waals surface area contributed by atoms with E-state index in [2.05, 4.69) is 19.1 Å². The van der Waals surface area contributed by atoms with Crippen LogP contribution in [0.4, 0.5) is 0 Å². The smallest absolute Gasteiger partial charge is 0.129 e. The Morgan fingerprint density at radius 1 is 1.00 bits per heavy atom. The first-order valence-electron chi connectivity index (χ1n) is 5.91. The van der Waals surface area contributed by atoms with Crippen LogP contribution in [-0.2, 0) is 4.79 Å². The van der Waals surface area contributed by atoms with E-state index in [4.69, 9.17) is 0 Å². The summed E-state index contributed by atoms with van der Waals surface area (Å²) in [6.07, 6.45) is 13.8. The fourth-order valence-corrected chi connectivity index (χ4v) is 1.39. The maximum Gasteiger partial charge on any atom is 0.129 e. The highest BCUT2D eigenvalue weighted by atomic mass is 16.1. The molecule has 1 heteroatoms. The van der Waals surface area contributed by atoms with Gasteiger partial charge in [0.1, 0.15) is 5.78 Å². The van der Waals surface area contributed by atoms with E-state index in [1.54, 1.807) is 6.92 Å². The minimum Gasteiger partial charge on any atom is -0.300 e. The number of Topliss-reactive ketones (excluding diaryl/α,β-unsaturated/α-hetero) is 1. The SMILES string of the molecule is CCCCCC/C=C/CCCC(C)=O. The van der Waals surface area contributed by atoms with Gasteiger partial charge in [0, 0.05) is 6.42 Å². The van der Waals surface area contributed by atoms with Gasteiger partial charge in [0.15, 0.2) is 0 Å². The first-order chi connectivity index (χ1) is 6.77. The molecule has 0 aliphatic heterocycles. The third kappa shape index (κ3) is 11.4. The molecular formula is C13H24O. The van der Waals surface area contributed by atoms with Gasteiger partial charge in [-0.3, -0.25) is 0 Å². The average Bonchev–Trinajstić information content (AvgIpc) is 2.15. The number of ketones is 1. The molecule has 0 aliphatic carbocycles. The molecule has 0 saturated carbocycles. The van der Waals surface area contributed by atoms with Gasteiger partial charge in [-0.15, -0.1) is 0 Å². The number of hydrogen-bond acceptors (Lipinski definition) is 1. The Morgan fingerprint density at radius 3 is 2.21 bits per heavy atom. The zero-order chi connectivity index (χ0) is 10.6. The number of allylic oxidation sites excluding steroid dienone is 2. The minimum atomic E-state index is 0.307. The van der Waals surface area contributed by atoms with Gasteiger partial charge in [-0.1, -0.05) is 38.3 Å². The Labute approximate surface area is 88.6 Å². The average molecular weight is 196 g/mol. The minimum absolute atomic E-state index is 0.307. The highest BCUT2D eigenvalue weighted by Gasteiger charge is 1.90. The summed E-state index contributed by atoms with van der Waals surface area (Å²) >= 11 is 0. The highest BCUT2D eigenvalue weighted by molar-refractivity contribution is 5.75. The maximum atomic E-state index is 10.6. The third-order valence-electron chi connectivity index (χ3n) is 2.29. The molecule has 0 amide bonds. The quantitative estimate of drug-likeness (QED) is 0.397. The third-order valence-corrected chi connectivity index (χ3v) is 2.29. The van der Waals surface area contributed by atoms with E-state index in [1.807, 2.05) is 0 Å². The zero-order valence-electron chi connectivity index (χ0n) is 9.72. The van der Waals surface area contributed by atoms with E-state index < -0.39 is 0 Å². The van der Waals surface area contributed by atoms with Crippen molar-refractivity contribution in [2.75, 3.05) is 0 Å². The van der Waals surface area contributed by atoms with Crippen LogP contribution in [0.5, 0.6) is 0 Å². The van der Waals surface area contributed by atoms with Gasteiger partial charge in [0.05, 0.1) is 0 Å². The van der Waals surface area contributed by atoms with E-state index in [9.17, 15) is 4.79 Å². The predicted molar refractivity (Wildman–Crippen MR) is 62.4 cm³/mol. The summed E-state index contributed by atoms with van der Waals surface area (Å²) in [5.74, 6) is 0.307. The lowest BCUT2D eigenvalue weighted by Gasteiger charge is -1.94. The molecule has 0 atom stereocenters. The highest BCUT2D eigenvalue weighted by Crippen LogP contribution is 2.04. The van der Waals surface area contributed by atoms with Crippen LogP contribution in [0, 0.1) is 0 Å². The summed E-state index contributed by atoms with van der Waals surface area (Å²) in [6.45, 7) is 3.89. The number of rotatable bonds is 9. The van der Waals surface area contributed by atoms with Crippen LogP contribution in [-0.4, -0.2) is 5.78 Å². The Balaban J connectivity index is 3.07. The number of carbonyl (C=O) groups excluding carboxylic acids is 1. The molecule has 82 valence electrons. The lowest BCUT2D eigenvalue weighted by atomic mass is 10.1. The fourth-order valence-electron chi connectivity index (χ4n) is 1.39. The van der Waals surface area contributed by atoms with E-state index >= 15 is 0 Å². The van der Waals surface area contributed by atoms with Gasteiger partial charge in [-0.05, 0) is 32.6 Å². The first kappa shape index (κ1) is 13.4. The second-order valence-corrected chi connectivity index (χ2v) is 3.91. The Bertz CT molecular complexity index is 159. The fraction of sp³-hybridized carbons (Fsp3) is 0.769. The molecule has 0 unspecified atom stereocenters. The molecule has 0 fully saturated rings. The monoisotopic (exact) mass is 196 g/mol. The van der Waals surface area contributed by atoms with Crippen LogP contribution in [0.2, 0.25) is 0 Å². The van der Waals surface area contributed by atoms with Gasteiger partial charge in [0.25, 0.3) is 0 Å². The standard InChI is InChI=1S/C13H24O/c1-3-4-5-6-7-8-9-10-11-12-13(2)14/h8-9H,3-7,10-12H2,1-2H3/b9-8+. The lowest BCUT2D eigenvalue weighted by molar-refractivity contribution is -0.117. The van der Waals surface area contributed by atoms with Crippen molar-refractivity contribution in [3.8, 4) is 0 Å². The van der Waals surface area contributed by atoms with Gasteiger partial charge >= 0.3 is 0 Å². The normalized spacial score (nSPS) is 11.0. The van der Waals surface area contributed by atoms with Crippen molar-refractivity contribution in [2.45, 2.75) is 65.2 Å². The lowest BCUT2D eigenvalue weighted by Crippen LogP contribution is -1.87. The van der Waals surface area contributed by atoms with E-state index in [0.29, 0.717) is 5.78 Å². The molecule has 0 heterocycles. The molecule has 0 bridgehead atoms. The van der Waals surface area contributed by atoms with Crippen LogP contribution < -0.4 is 0 Å². The van der Waals surface area contributed by atoms with Crippen molar-refractivity contribution in [2.24, 2.45) is 0 Å². The van der Waals surface area contributed by atoms with E-state index in [-0.39, 0.29) is 0 Å².